The van der Waals surface area contributed by atoms with Crippen LogP contribution in [-0.4, -0.2) is 35.1 Å². The number of aromatic nitrogens is 2. The smallest absolute Gasteiger partial charge is 0.306 e. The molecule has 0 unspecified atom stereocenters. The molecule has 1 heterocycles. The SMILES string of the molecule is CC(C)COC(=O)CCc1nccnc1CCC(=O)OCC(C)C. The van der Waals surface area contributed by atoms with Crippen molar-refractivity contribution in [2.45, 2.75) is 53.4 Å². The fourth-order valence-electron chi connectivity index (χ4n) is 1.92. The van der Waals surface area contributed by atoms with E-state index in [1.165, 1.54) is 0 Å². The molecule has 1 aromatic rings. The second-order valence-corrected chi connectivity index (χ2v) is 6.60. The molecule has 134 valence electrons. The largest absolute Gasteiger partial charge is 0.465 e. The number of nitrogens with zero attached hydrogens (tertiary/aromatic N) is 2. The fourth-order valence-corrected chi connectivity index (χ4v) is 1.92. The highest BCUT2D eigenvalue weighted by Gasteiger charge is 2.12. The Morgan fingerprint density at radius 2 is 1.21 bits per heavy atom. The Morgan fingerprint density at radius 1 is 0.833 bits per heavy atom. The number of carbonyl (C=O) groups excluding carboxylic acids is 2. The molecule has 0 aliphatic carbocycles. The Labute approximate surface area is 144 Å². The summed E-state index contributed by atoms with van der Waals surface area (Å²) in [7, 11) is 0. The molecular weight excluding hydrogens is 308 g/mol. The summed E-state index contributed by atoms with van der Waals surface area (Å²) in [6.45, 7) is 8.82. The van der Waals surface area contributed by atoms with Crippen molar-refractivity contribution in [3.05, 3.63) is 23.8 Å². The van der Waals surface area contributed by atoms with Gasteiger partial charge < -0.3 is 9.47 Å². The first-order valence-electron chi connectivity index (χ1n) is 8.48. The van der Waals surface area contributed by atoms with Gasteiger partial charge in [-0.15, -0.1) is 0 Å². The van der Waals surface area contributed by atoms with E-state index in [0.717, 1.165) is 11.4 Å². The summed E-state index contributed by atoms with van der Waals surface area (Å²) in [5, 5.41) is 0. The van der Waals surface area contributed by atoms with Crippen LogP contribution < -0.4 is 0 Å². The third-order valence-corrected chi connectivity index (χ3v) is 3.15. The topological polar surface area (TPSA) is 78.4 Å². The number of rotatable bonds is 10. The number of hydrogen-bond acceptors (Lipinski definition) is 6. The summed E-state index contributed by atoms with van der Waals surface area (Å²) >= 11 is 0. The van der Waals surface area contributed by atoms with Gasteiger partial charge in [-0.3, -0.25) is 19.6 Å². The molecule has 0 fully saturated rings. The van der Waals surface area contributed by atoms with Gasteiger partial charge in [0.2, 0.25) is 0 Å². The predicted molar refractivity (Wildman–Crippen MR) is 90.3 cm³/mol. The predicted octanol–water partition coefficient (Wildman–Crippen LogP) is 2.74. The van der Waals surface area contributed by atoms with E-state index in [0.29, 0.717) is 37.9 Å². The maximum atomic E-state index is 11.7. The van der Waals surface area contributed by atoms with E-state index in [4.69, 9.17) is 9.47 Å². The van der Waals surface area contributed by atoms with Gasteiger partial charge in [0.1, 0.15) is 0 Å². The summed E-state index contributed by atoms with van der Waals surface area (Å²) < 4.78 is 10.3. The molecule has 1 aromatic heterocycles. The molecular formula is C18H28N2O4. The Hall–Kier alpha value is -1.98. The van der Waals surface area contributed by atoms with Gasteiger partial charge in [-0.2, -0.15) is 0 Å². The van der Waals surface area contributed by atoms with Crippen LogP contribution in [0.1, 0.15) is 51.9 Å². The van der Waals surface area contributed by atoms with Crippen LogP contribution in [0, 0.1) is 11.8 Å². The summed E-state index contributed by atoms with van der Waals surface area (Å²) in [5.41, 5.74) is 1.46. The van der Waals surface area contributed by atoms with Gasteiger partial charge in [-0.05, 0) is 11.8 Å². The molecule has 0 spiro atoms. The van der Waals surface area contributed by atoms with Crippen LogP contribution in [-0.2, 0) is 31.9 Å². The van der Waals surface area contributed by atoms with E-state index < -0.39 is 0 Å². The van der Waals surface area contributed by atoms with Crippen molar-refractivity contribution in [2.24, 2.45) is 11.8 Å². The Kier molecular flexibility index (Phi) is 8.97. The van der Waals surface area contributed by atoms with Crippen molar-refractivity contribution < 1.29 is 19.1 Å². The van der Waals surface area contributed by atoms with E-state index in [2.05, 4.69) is 9.97 Å². The lowest BCUT2D eigenvalue weighted by atomic mass is 10.1. The van der Waals surface area contributed by atoms with Crippen LogP contribution in [0.3, 0.4) is 0 Å². The quantitative estimate of drug-likeness (QED) is 0.611. The molecule has 0 saturated heterocycles. The summed E-state index contributed by atoms with van der Waals surface area (Å²) in [4.78, 5) is 32.0. The van der Waals surface area contributed by atoms with Crippen LogP contribution in [0.25, 0.3) is 0 Å². The zero-order valence-electron chi connectivity index (χ0n) is 15.1. The van der Waals surface area contributed by atoms with E-state index in [-0.39, 0.29) is 24.8 Å². The zero-order chi connectivity index (χ0) is 17.9. The van der Waals surface area contributed by atoms with Gasteiger partial charge in [0.05, 0.1) is 37.4 Å². The van der Waals surface area contributed by atoms with Crippen LogP contribution in [0.4, 0.5) is 0 Å². The molecule has 24 heavy (non-hydrogen) atoms. The van der Waals surface area contributed by atoms with Crippen molar-refractivity contribution in [2.75, 3.05) is 13.2 Å². The van der Waals surface area contributed by atoms with Gasteiger partial charge in [-0.1, -0.05) is 27.7 Å². The number of hydrogen-bond donors (Lipinski definition) is 0. The second-order valence-electron chi connectivity index (χ2n) is 6.60. The summed E-state index contributed by atoms with van der Waals surface area (Å²) in [5.74, 6) is 0.157. The summed E-state index contributed by atoms with van der Waals surface area (Å²) in [6, 6.07) is 0. The van der Waals surface area contributed by atoms with E-state index in [9.17, 15) is 9.59 Å². The van der Waals surface area contributed by atoms with Gasteiger partial charge in [-0.25, -0.2) is 0 Å². The molecule has 0 N–H and O–H groups in total. The maximum absolute atomic E-state index is 11.7. The normalized spacial score (nSPS) is 10.9. The van der Waals surface area contributed by atoms with Crippen molar-refractivity contribution in [1.29, 1.82) is 0 Å². The first-order valence-corrected chi connectivity index (χ1v) is 8.48. The van der Waals surface area contributed by atoms with Crippen molar-refractivity contribution in [3.63, 3.8) is 0 Å². The Balaban J connectivity index is 2.46. The summed E-state index contributed by atoms with van der Waals surface area (Å²) in [6.07, 6.45) is 4.62. The highest BCUT2D eigenvalue weighted by molar-refractivity contribution is 5.70. The third kappa shape index (κ3) is 8.60. The van der Waals surface area contributed by atoms with Gasteiger partial charge in [0.25, 0.3) is 0 Å². The molecule has 0 atom stereocenters. The minimum absolute atomic E-state index is 0.239. The third-order valence-electron chi connectivity index (χ3n) is 3.15. The van der Waals surface area contributed by atoms with E-state index >= 15 is 0 Å². The van der Waals surface area contributed by atoms with E-state index in [1.807, 2.05) is 27.7 Å². The average molecular weight is 336 g/mol. The van der Waals surface area contributed by atoms with Crippen LogP contribution >= 0.6 is 0 Å². The van der Waals surface area contributed by atoms with Gasteiger partial charge in [0, 0.05) is 25.2 Å². The molecule has 6 heteroatoms. The van der Waals surface area contributed by atoms with Crippen molar-refractivity contribution in [3.8, 4) is 0 Å². The van der Waals surface area contributed by atoms with Crippen LogP contribution in [0.15, 0.2) is 12.4 Å². The lowest BCUT2D eigenvalue weighted by molar-refractivity contribution is -0.145. The number of aryl methyl sites for hydroxylation is 2. The standard InChI is InChI=1S/C18H28N2O4/c1-13(2)11-23-17(21)7-5-15-16(20-10-9-19-15)6-8-18(22)24-12-14(3)4/h9-10,13-14H,5-8,11-12H2,1-4H3. The maximum Gasteiger partial charge on any atom is 0.306 e. The number of esters is 2. The van der Waals surface area contributed by atoms with Crippen LogP contribution in [0.5, 0.6) is 0 Å². The van der Waals surface area contributed by atoms with Gasteiger partial charge in [0.15, 0.2) is 0 Å². The highest BCUT2D eigenvalue weighted by Crippen LogP contribution is 2.09. The molecule has 1 rings (SSSR count). The molecule has 0 saturated carbocycles. The van der Waals surface area contributed by atoms with Gasteiger partial charge >= 0.3 is 11.9 Å². The van der Waals surface area contributed by atoms with Crippen LogP contribution in [0.2, 0.25) is 0 Å². The highest BCUT2D eigenvalue weighted by atomic mass is 16.5. The molecule has 0 bridgehead atoms. The first-order chi connectivity index (χ1) is 11.4. The van der Waals surface area contributed by atoms with Crippen molar-refractivity contribution >= 4 is 11.9 Å². The lowest BCUT2D eigenvalue weighted by Gasteiger charge is -2.09. The number of ether oxygens (including phenoxy) is 2. The monoisotopic (exact) mass is 336 g/mol. The molecule has 0 aliphatic heterocycles. The average Bonchev–Trinajstić information content (AvgIpc) is 2.55. The molecule has 6 nitrogen and oxygen atoms in total. The minimum Gasteiger partial charge on any atom is -0.465 e. The molecule has 0 aliphatic rings. The second kappa shape index (κ2) is 10.7. The zero-order valence-corrected chi connectivity index (χ0v) is 15.1. The molecule has 0 radical (unpaired) electrons. The lowest BCUT2D eigenvalue weighted by Crippen LogP contribution is -2.13. The fraction of sp³-hybridized carbons (Fsp3) is 0.667. The molecule has 0 amide bonds. The molecule has 0 aromatic carbocycles. The van der Waals surface area contributed by atoms with E-state index in [1.54, 1.807) is 12.4 Å². The first kappa shape index (κ1) is 20.1. The number of carbonyl (C=O) groups is 2. The Bertz CT molecular complexity index is 483. The minimum atomic E-state index is -0.239. The van der Waals surface area contributed by atoms with Crippen molar-refractivity contribution in [1.82, 2.24) is 9.97 Å². The Morgan fingerprint density at radius 3 is 1.54 bits per heavy atom.